The fraction of sp³-hybridized carbons (Fsp3) is 0.304. The van der Waals surface area contributed by atoms with Gasteiger partial charge in [-0.2, -0.15) is 0 Å². The number of ether oxygens (including phenoxy) is 2. The maximum Gasteiger partial charge on any atom is 0.193 e. The van der Waals surface area contributed by atoms with Crippen LogP contribution in [0.3, 0.4) is 0 Å². The molecular weight excluding hydrogens is 378 g/mol. The van der Waals surface area contributed by atoms with Crippen LogP contribution in [0.2, 0.25) is 0 Å². The number of imidazole rings is 1. The summed E-state index contributed by atoms with van der Waals surface area (Å²) in [5.41, 5.74) is 9.15. The summed E-state index contributed by atoms with van der Waals surface area (Å²) in [5.74, 6) is 2.77. The average Bonchev–Trinajstić information content (AvgIpc) is 3.13. The first-order valence-electron chi connectivity index (χ1n) is 10.1. The molecule has 158 valence electrons. The number of nitrogens with zero attached hydrogens (tertiary/aromatic N) is 3. The van der Waals surface area contributed by atoms with Crippen LogP contribution in [-0.4, -0.2) is 28.7 Å². The highest BCUT2D eigenvalue weighted by Gasteiger charge is 2.07. The number of benzene rings is 2. The van der Waals surface area contributed by atoms with Gasteiger partial charge in [0.1, 0.15) is 17.3 Å². The predicted molar refractivity (Wildman–Crippen MR) is 120 cm³/mol. The van der Waals surface area contributed by atoms with Gasteiger partial charge < -0.3 is 25.1 Å². The number of aliphatic imine (C=N–C) groups is 1. The molecular formula is C23H29N5O2. The number of aryl methyl sites for hydroxylation is 1. The number of anilines is 1. The molecule has 1 heterocycles. The van der Waals surface area contributed by atoms with Gasteiger partial charge in [-0.05, 0) is 44.0 Å². The summed E-state index contributed by atoms with van der Waals surface area (Å²) in [6.45, 7) is 8.29. The number of guanidine groups is 1. The van der Waals surface area contributed by atoms with Crippen LogP contribution in [0.15, 0.2) is 59.9 Å². The van der Waals surface area contributed by atoms with E-state index in [0.29, 0.717) is 31.5 Å². The van der Waals surface area contributed by atoms with Crippen molar-refractivity contribution in [3.8, 4) is 11.5 Å². The lowest BCUT2D eigenvalue weighted by Crippen LogP contribution is -2.23. The van der Waals surface area contributed by atoms with E-state index in [1.807, 2.05) is 63.5 Å². The minimum absolute atomic E-state index is 0.320. The fourth-order valence-corrected chi connectivity index (χ4v) is 3.09. The van der Waals surface area contributed by atoms with E-state index in [1.165, 1.54) is 5.56 Å². The highest BCUT2D eigenvalue weighted by Crippen LogP contribution is 2.29. The molecule has 30 heavy (non-hydrogen) atoms. The Morgan fingerprint density at radius 3 is 2.63 bits per heavy atom. The highest BCUT2D eigenvalue weighted by atomic mass is 16.5. The van der Waals surface area contributed by atoms with E-state index >= 15 is 0 Å². The van der Waals surface area contributed by atoms with Crippen molar-refractivity contribution < 1.29 is 9.47 Å². The zero-order chi connectivity index (χ0) is 21.3. The Balaban J connectivity index is 1.69. The lowest BCUT2D eigenvalue weighted by atomic mass is 10.1. The first-order chi connectivity index (χ1) is 14.6. The van der Waals surface area contributed by atoms with Gasteiger partial charge in [0.2, 0.25) is 0 Å². The average molecular weight is 408 g/mol. The molecule has 3 aromatic rings. The van der Waals surface area contributed by atoms with E-state index in [9.17, 15) is 0 Å². The molecule has 7 heteroatoms. The molecule has 0 unspecified atom stereocenters. The van der Waals surface area contributed by atoms with Gasteiger partial charge >= 0.3 is 0 Å². The lowest BCUT2D eigenvalue weighted by molar-refractivity contribution is 0.332. The molecule has 1 aromatic heterocycles. The van der Waals surface area contributed by atoms with Crippen molar-refractivity contribution in [2.75, 3.05) is 18.5 Å². The van der Waals surface area contributed by atoms with E-state index in [4.69, 9.17) is 15.2 Å². The van der Waals surface area contributed by atoms with Gasteiger partial charge in [-0.1, -0.05) is 24.3 Å². The number of rotatable bonds is 9. The van der Waals surface area contributed by atoms with Crippen molar-refractivity contribution in [1.82, 2.24) is 9.55 Å². The Morgan fingerprint density at radius 1 is 1.10 bits per heavy atom. The molecule has 0 saturated heterocycles. The number of aromatic nitrogens is 2. The minimum atomic E-state index is 0.320. The summed E-state index contributed by atoms with van der Waals surface area (Å²) < 4.78 is 13.4. The van der Waals surface area contributed by atoms with Crippen LogP contribution in [0.25, 0.3) is 0 Å². The lowest BCUT2D eigenvalue weighted by Gasteiger charge is -2.14. The number of nitrogens with one attached hydrogen (secondary N) is 1. The zero-order valence-electron chi connectivity index (χ0n) is 17.8. The van der Waals surface area contributed by atoms with Crippen LogP contribution >= 0.6 is 0 Å². The molecule has 0 aliphatic rings. The maximum atomic E-state index is 6.14. The number of hydrogen-bond acceptors (Lipinski definition) is 4. The van der Waals surface area contributed by atoms with Crippen LogP contribution in [0, 0.1) is 6.92 Å². The third-order valence-corrected chi connectivity index (χ3v) is 4.52. The van der Waals surface area contributed by atoms with Crippen LogP contribution in [-0.2, 0) is 13.1 Å². The molecule has 7 nitrogen and oxygen atoms in total. The highest BCUT2D eigenvalue weighted by molar-refractivity contribution is 5.94. The third kappa shape index (κ3) is 5.76. The Labute approximate surface area is 177 Å². The standard InChI is InChI=1S/C23H29N5O2/c1-4-29-20-9-10-22(30-5-2)21(14-20)27-23(24)26-15-18-7-6-8-19(13-18)16-28-12-11-25-17(28)3/h6-14H,4-5,15-16H2,1-3H3,(H3,24,26,27). The quantitative estimate of drug-likeness (QED) is 0.414. The Kier molecular flexibility index (Phi) is 7.32. The van der Waals surface area contributed by atoms with Gasteiger partial charge in [-0.15, -0.1) is 0 Å². The van der Waals surface area contributed by atoms with Gasteiger partial charge in [0.15, 0.2) is 5.96 Å². The van der Waals surface area contributed by atoms with Crippen molar-refractivity contribution in [2.45, 2.75) is 33.9 Å². The van der Waals surface area contributed by atoms with Crippen molar-refractivity contribution in [2.24, 2.45) is 10.7 Å². The van der Waals surface area contributed by atoms with Crippen LogP contribution in [0.1, 0.15) is 30.8 Å². The summed E-state index contributed by atoms with van der Waals surface area (Å²) >= 11 is 0. The Morgan fingerprint density at radius 2 is 1.90 bits per heavy atom. The summed E-state index contributed by atoms with van der Waals surface area (Å²) in [6, 6.07) is 13.9. The van der Waals surface area contributed by atoms with Gasteiger partial charge in [0, 0.05) is 25.0 Å². The van der Waals surface area contributed by atoms with Gasteiger partial charge in [-0.3, -0.25) is 0 Å². The van der Waals surface area contributed by atoms with E-state index in [-0.39, 0.29) is 0 Å². The molecule has 2 aromatic carbocycles. The number of hydrogen-bond donors (Lipinski definition) is 2. The van der Waals surface area contributed by atoms with E-state index in [2.05, 4.69) is 32.0 Å². The molecule has 0 spiro atoms. The minimum Gasteiger partial charge on any atom is -0.494 e. The maximum absolute atomic E-state index is 6.14. The van der Waals surface area contributed by atoms with E-state index in [0.717, 1.165) is 29.4 Å². The molecule has 0 radical (unpaired) electrons. The molecule has 0 fully saturated rings. The third-order valence-electron chi connectivity index (χ3n) is 4.52. The predicted octanol–water partition coefficient (Wildman–Crippen LogP) is 3.96. The molecule has 3 rings (SSSR count). The fourth-order valence-electron chi connectivity index (χ4n) is 3.09. The Hall–Kier alpha value is -3.48. The zero-order valence-corrected chi connectivity index (χ0v) is 17.8. The van der Waals surface area contributed by atoms with Crippen molar-refractivity contribution in [1.29, 1.82) is 0 Å². The molecule has 0 aliphatic carbocycles. The summed E-state index contributed by atoms with van der Waals surface area (Å²) in [7, 11) is 0. The van der Waals surface area contributed by atoms with Crippen molar-refractivity contribution >= 4 is 11.6 Å². The monoisotopic (exact) mass is 407 g/mol. The van der Waals surface area contributed by atoms with Crippen molar-refractivity contribution in [3.05, 3.63) is 71.8 Å². The van der Waals surface area contributed by atoms with Gasteiger partial charge in [-0.25, -0.2) is 9.98 Å². The second-order valence-electron chi connectivity index (χ2n) is 6.77. The van der Waals surface area contributed by atoms with E-state index in [1.54, 1.807) is 0 Å². The first-order valence-corrected chi connectivity index (χ1v) is 10.1. The molecule has 0 bridgehead atoms. The summed E-state index contributed by atoms with van der Waals surface area (Å²) in [6.07, 6.45) is 3.79. The second-order valence-corrected chi connectivity index (χ2v) is 6.77. The van der Waals surface area contributed by atoms with Crippen LogP contribution in [0.4, 0.5) is 5.69 Å². The molecule has 0 atom stereocenters. The summed E-state index contributed by atoms with van der Waals surface area (Å²) in [4.78, 5) is 8.76. The van der Waals surface area contributed by atoms with Crippen molar-refractivity contribution in [3.63, 3.8) is 0 Å². The van der Waals surface area contributed by atoms with Gasteiger partial charge in [0.25, 0.3) is 0 Å². The molecule has 0 aliphatic heterocycles. The van der Waals surface area contributed by atoms with E-state index < -0.39 is 0 Å². The SMILES string of the molecule is CCOc1ccc(OCC)c(NC(N)=NCc2cccc(Cn3ccnc3C)c2)c1. The topological polar surface area (TPSA) is 86.7 Å². The van der Waals surface area contributed by atoms with Gasteiger partial charge in [0.05, 0.1) is 25.4 Å². The largest absolute Gasteiger partial charge is 0.494 e. The smallest absolute Gasteiger partial charge is 0.193 e. The summed E-state index contributed by atoms with van der Waals surface area (Å²) in [5, 5.41) is 3.13. The normalized spacial score (nSPS) is 11.4. The molecule has 3 N–H and O–H groups in total. The molecule has 0 amide bonds. The second kappa shape index (κ2) is 10.3. The Bertz CT molecular complexity index is 997. The first kappa shape index (κ1) is 21.2. The number of nitrogens with two attached hydrogens (primary N) is 1. The van der Waals surface area contributed by atoms with Crippen LogP contribution in [0.5, 0.6) is 11.5 Å². The van der Waals surface area contributed by atoms with Crippen LogP contribution < -0.4 is 20.5 Å². The molecule has 0 saturated carbocycles.